The molecular formula is C4H2ClNO2S. The van der Waals surface area contributed by atoms with Crippen molar-refractivity contribution in [2.45, 2.75) is 0 Å². The van der Waals surface area contributed by atoms with E-state index in [9.17, 15) is 4.79 Å². The van der Waals surface area contributed by atoms with Gasteiger partial charge in [0, 0.05) is 5.38 Å². The first kappa shape index (κ1) is 6.51. The van der Waals surface area contributed by atoms with Crippen LogP contribution in [0.2, 0.25) is 5.15 Å². The van der Waals surface area contributed by atoms with Crippen molar-refractivity contribution in [3.05, 3.63) is 15.5 Å². The third-order valence-corrected chi connectivity index (χ3v) is 1.81. The van der Waals surface area contributed by atoms with Gasteiger partial charge in [-0.25, -0.2) is 9.78 Å². The zero-order valence-corrected chi connectivity index (χ0v) is 5.74. The van der Waals surface area contributed by atoms with Gasteiger partial charge in [-0.3, -0.25) is 0 Å². The Morgan fingerprint density at radius 1 is 1.89 bits per heavy atom. The maximum absolute atomic E-state index is 10.1. The van der Waals surface area contributed by atoms with E-state index in [1.807, 2.05) is 0 Å². The Kier molecular flexibility index (Phi) is 1.68. The van der Waals surface area contributed by atoms with Gasteiger partial charge in [-0.1, -0.05) is 11.6 Å². The summed E-state index contributed by atoms with van der Waals surface area (Å²) in [5.74, 6) is -1.04. The van der Waals surface area contributed by atoms with Gasteiger partial charge < -0.3 is 5.11 Å². The summed E-state index contributed by atoms with van der Waals surface area (Å²) in [5.41, 5.74) is 0. The molecule has 0 aliphatic rings. The molecule has 1 rings (SSSR count). The fourth-order valence-electron chi connectivity index (χ4n) is 0.352. The van der Waals surface area contributed by atoms with Gasteiger partial charge in [0.15, 0.2) is 0 Å². The van der Waals surface area contributed by atoms with Gasteiger partial charge in [-0.2, -0.15) is 0 Å². The Balaban J connectivity index is 2.98. The lowest BCUT2D eigenvalue weighted by atomic mass is 10.7. The fraction of sp³-hybridized carbons (Fsp3) is 0. The Hall–Kier alpha value is -0.610. The van der Waals surface area contributed by atoms with E-state index in [1.54, 1.807) is 0 Å². The second-order valence-electron chi connectivity index (χ2n) is 1.28. The number of thiazole rings is 1. The highest BCUT2D eigenvalue weighted by Gasteiger charge is 2.05. The molecule has 0 unspecified atom stereocenters. The van der Waals surface area contributed by atoms with Crippen LogP contribution >= 0.6 is 22.9 Å². The molecule has 0 spiro atoms. The van der Waals surface area contributed by atoms with Crippen LogP contribution in [-0.2, 0) is 0 Å². The summed E-state index contributed by atoms with van der Waals surface area (Å²) in [6.07, 6.45) is 0. The molecule has 0 saturated carbocycles. The fourth-order valence-corrected chi connectivity index (χ4v) is 1.13. The molecule has 9 heavy (non-hydrogen) atoms. The number of carboxylic acid groups (broad SMARTS) is 1. The molecule has 5 heteroatoms. The van der Waals surface area contributed by atoms with Crippen LogP contribution in [0, 0.1) is 0 Å². The van der Waals surface area contributed by atoms with E-state index in [0.717, 1.165) is 11.3 Å². The molecule has 1 heterocycles. The van der Waals surface area contributed by atoms with Gasteiger partial charge in [0.2, 0.25) is 5.01 Å². The third-order valence-electron chi connectivity index (χ3n) is 0.659. The average Bonchev–Trinajstić information content (AvgIpc) is 2.14. The molecule has 0 atom stereocenters. The number of nitrogens with zero attached hydrogens (tertiary/aromatic N) is 1. The predicted octanol–water partition coefficient (Wildman–Crippen LogP) is 1.49. The molecule has 0 bridgehead atoms. The van der Waals surface area contributed by atoms with E-state index < -0.39 is 5.97 Å². The van der Waals surface area contributed by atoms with E-state index in [2.05, 4.69) is 4.98 Å². The van der Waals surface area contributed by atoms with Crippen molar-refractivity contribution in [1.29, 1.82) is 0 Å². The predicted molar refractivity (Wildman–Crippen MR) is 34.1 cm³/mol. The summed E-state index contributed by atoms with van der Waals surface area (Å²) in [6.45, 7) is 0. The maximum atomic E-state index is 10.1. The van der Waals surface area contributed by atoms with Gasteiger partial charge in [0.1, 0.15) is 5.15 Å². The lowest BCUT2D eigenvalue weighted by Gasteiger charge is -1.78. The monoisotopic (exact) mass is 163 g/mol. The molecule has 0 fully saturated rings. The van der Waals surface area contributed by atoms with E-state index >= 15 is 0 Å². The van der Waals surface area contributed by atoms with Crippen molar-refractivity contribution in [1.82, 2.24) is 4.98 Å². The number of halogens is 1. The van der Waals surface area contributed by atoms with Crippen molar-refractivity contribution < 1.29 is 9.90 Å². The van der Waals surface area contributed by atoms with E-state index in [-0.39, 0.29) is 10.2 Å². The quantitative estimate of drug-likeness (QED) is 0.683. The topological polar surface area (TPSA) is 50.2 Å². The minimum atomic E-state index is -1.04. The highest BCUT2D eigenvalue weighted by atomic mass is 35.5. The molecule has 0 aliphatic heterocycles. The maximum Gasteiger partial charge on any atom is 0.365 e. The summed E-state index contributed by atoms with van der Waals surface area (Å²) < 4.78 is 0. The molecule has 0 saturated heterocycles. The van der Waals surface area contributed by atoms with E-state index in [0.29, 0.717) is 0 Å². The molecule has 0 radical (unpaired) electrons. The van der Waals surface area contributed by atoms with Crippen molar-refractivity contribution in [2.24, 2.45) is 0 Å². The number of rotatable bonds is 1. The Morgan fingerprint density at radius 3 is 2.78 bits per heavy atom. The molecule has 0 amide bonds. The molecule has 0 aromatic carbocycles. The van der Waals surface area contributed by atoms with Crippen LogP contribution in [0.25, 0.3) is 0 Å². The lowest BCUT2D eigenvalue weighted by Crippen LogP contribution is -1.93. The first-order valence-electron chi connectivity index (χ1n) is 2.04. The summed E-state index contributed by atoms with van der Waals surface area (Å²) >= 11 is 6.36. The van der Waals surface area contributed by atoms with Gasteiger partial charge in [0.05, 0.1) is 0 Å². The molecule has 1 aromatic heterocycles. The first-order valence-corrected chi connectivity index (χ1v) is 3.30. The van der Waals surface area contributed by atoms with Crippen LogP contribution in [-0.4, -0.2) is 16.1 Å². The highest BCUT2D eigenvalue weighted by molar-refractivity contribution is 7.12. The number of aromatic carboxylic acids is 1. The van der Waals surface area contributed by atoms with Gasteiger partial charge >= 0.3 is 5.97 Å². The summed E-state index contributed by atoms with van der Waals surface area (Å²) in [6, 6.07) is 0. The SMILES string of the molecule is O=C(O)c1nc(Cl)cs1. The normalized spacial score (nSPS) is 9.44. The molecule has 0 aliphatic carbocycles. The second-order valence-corrected chi connectivity index (χ2v) is 2.53. The lowest BCUT2D eigenvalue weighted by molar-refractivity contribution is 0.0696. The van der Waals surface area contributed by atoms with Crippen LogP contribution in [0.5, 0.6) is 0 Å². The third kappa shape index (κ3) is 1.40. The molecule has 1 N–H and O–H groups in total. The standard InChI is InChI=1S/C4H2ClNO2S/c5-2-1-9-3(6-2)4(7)8/h1H,(H,7,8). The van der Waals surface area contributed by atoms with E-state index in [4.69, 9.17) is 16.7 Å². The zero-order valence-electron chi connectivity index (χ0n) is 4.17. The Morgan fingerprint density at radius 2 is 2.56 bits per heavy atom. The van der Waals surface area contributed by atoms with Crippen molar-refractivity contribution >= 4 is 28.9 Å². The van der Waals surface area contributed by atoms with Crippen molar-refractivity contribution in [3.8, 4) is 0 Å². The molecule has 48 valence electrons. The largest absolute Gasteiger partial charge is 0.476 e. The summed E-state index contributed by atoms with van der Waals surface area (Å²) in [7, 11) is 0. The smallest absolute Gasteiger partial charge is 0.365 e. The number of hydrogen-bond acceptors (Lipinski definition) is 3. The van der Waals surface area contributed by atoms with Crippen LogP contribution < -0.4 is 0 Å². The van der Waals surface area contributed by atoms with Crippen LogP contribution in [0.15, 0.2) is 5.38 Å². The Bertz CT molecular complexity index is 234. The summed E-state index contributed by atoms with van der Waals surface area (Å²) in [5, 5.41) is 10.0. The first-order chi connectivity index (χ1) is 4.20. The second kappa shape index (κ2) is 2.33. The number of hydrogen-bond donors (Lipinski definition) is 1. The number of carbonyl (C=O) groups is 1. The van der Waals surface area contributed by atoms with Gasteiger partial charge in [0.25, 0.3) is 0 Å². The van der Waals surface area contributed by atoms with Gasteiger partial charge in [-0.05, 0) is 0 Å². The van der Waals surface area contributed by atoms with Crippen LogP contribution in [0.1, 0.15) is 9.80 Å². The van der Waals surface area contributed by atoms with Crippen LogP contribution in [0.4, 0.5) is 0 Å². The van der Waals surface area contributed by atoms with Gasteiger partial charge in [-0.15, -0.1) is 11.3 Å². The van der Waals surface area contributed by atoms with Crippen LogP contribution in [0.3, 0.4) is 0 Å². The Labute approximate surface area is 59.9 Å². The summed E-state index contributed by atoms with van der Waals surface area (Å²) in [4.78, 5) is 13.6. The number of aromatic nitrogens is 1. The molecule has 1 aromatic rings. The van der Waals surface area contributed by atoms with Crippen molar-refractivity contribution in [3.63, 3.8) is 0 Å². The minimum Gasteiger partial charge on any atom is -0.476 e. The van der Waals surface area contributed by atoms with E-state index in [1.165, 1.54) is 5.38 Å². The minimum absolute atomic E-state index is 0.0278. The average molecular weight is 164 g/mol. The molecular weight excluding hydrogens is 162 g/mol. The number of carboxylic acids is 1. The zero-order chi connectivity index (χ0) is 6.85. The highest BCUT2D eigenvalue weighted by Crippen LogP contribution is 2.13. The molecule has 3 nitrogen and oxygen atoms in total. The van der Waals surface area contributed by atoms with Crippen molar-refractivity contribution in [2.75, 3.05) is 0 Å².